The molecule has 1 aliphatic heterocycles. The quantitative estimate of drug-likeness (QED) is 0.272. The zero-order valence-corrected chi connectivity index (χ0v) is 20.4. The first-order valence-electron chi connectivity index (χ1n) is 11.5. The molecule has 0 saturated carbocycles. The average molecular weight is 474 g/mol. The summed E-state index contributed by atoms with van der Waals surface area (Å²) in [5.74, 6) is -1.85. The van der Waals surface area contributed by atoms with Crippen molar-refractivity contribution in [2.24, 2.45) is 0 Å². The molecule has 1 aliphatic rings. The minimum absolute atomic E-state index is 0.0782. The monoisotopic (exact) mass is 473 g/mol. The zero-order valence-electron chi connectivity index (χ0n) is 20.4. The highest BCUT2D eigenvalue weighted by atomic mass is 19.1. The number of hydrogen-bond acceptors (Lipinski definition) is 4. The second-order valence-corrected chi connectivity index (χ2v) is 9.09. The van der Waals surface area contributed by atoms with Crippen LogP contribution in [0.3, 0.4) is 0 Å². The molecule has 1 atom stereocenters. The van der Waals surface area contributed by atoms with E-state index in [9.17, 15) is 14.7 Å². The van der Waals surface area contributed by atoms with Crippen LogP contribution in [0.15, 0.2) is 66.2 Å². The number of ether oxygens (including phenoxy) is 1. The molecular formula is C29H28FNO4. The molecule has 0 radical (unpaired) electrons. The Morgan fingerprint density at radius 3 is 2.29 bits per heavy atom. The van der Waals surface area contributed by atoms with Crippen LogP contribution >= 0.6 is 0 Å². The number of methoxy groups -OCH3 is 1. The van der Waals surface area contributed by atoms with Crippen molar-refractivity contribution >= 4 is 23.1 Å². The van der Waals surface area contributed by atoms with E-state index in [0.717, 1.165) is 11.1 Å². The van der Waals surface area contributed by atoms with E-state index in [1.807, 2.05) is 32.9 Å². The molecule has 0 aromatic heterocycles. The van der Waals surface area contributed by atoms with E-state index in [2.05, 4.69) is 0 Å². The Morgan fingerprint density at radius 1 is 1.03 bits per heavy atom. The minimum atomic E-state index is -1.12. The van der Waals surface area contributed by atoms with Crippen molar-refractivity contribution in [3.05, 3.63) is 99.9 Å². The Kier molecular flexibility index (Phi) is 6.48. The second-order valence-electron chi connectivity index (χ2n) is 9.09. The summed E-state index contributed by atoms with van der Waals surface area (Å²) in [5, 5.41) is 11.5. The third-order valence-corrected chi connectivity index (χ3v) is 6.41. The molecule has 1 heterocycles. The number of Topliss-reactive ketones (excluding diaryl/α,β-unsaturated/α-hetero) is 1. The lowest BCUT2D eigenvalue weighted by Gasteiger charge is -2.26. The number of aliphatic hydroxyl groups excluding tert-OH is 1. The van der Waals surface area contributed by atoms with Gasteiger partial charge in [0.25, 0.3) is 11.7 Å². The number of hydrogen-bond donors (Lipinski definition) is 1. The first kappa shape index (κ1) is 24.2. The van der Waals surface area contributed by atoms with Gasteiger partial charge < -0.3 is 9.84 Å². The third kappa shape index (κ3) is 4.20. The van der Waals surface area contributed by atoms with Crippen LogP contribution in [0.25, 0.3) is 5.76 Å². The normalized spacial score (nSPS) is 17.3. The van der Waals surface area contributed by atoms with Gasteiger partial charge in [-0.2, -0.15) is 0 Å². The Labute approximate surface area is 204 Å². The fourth-order valence-corrected chi connectivity index (χ4v) is 4.52. The van der Waals surface area contributed by atoms with E-state index in [-0.39, 0.29) is 22.8 Å². The molecule has 4 rings (SSSR count). The van der Waals surface area contributed by atoms with Crippen LogP contribution in [-0.4, -0.2) is 23.9 Å². The molecule has 180 valence electrons. The molecule has 3 aromatic carbocycles. The second kappa shape index (κ2) is 9.37. The van der Waals surface area contributed by atoms with Crippen molar-refractivity contribution in [1.82, 2.24) is 0 Å². The molecule has 1 amide bonds. The van der Waals surface area contributed by atoms with E-state index in [1.54, 1.807) is 50.4 Å². The molecule has 5 nitrogen and oxygen atoms in total. The lowest BCUT2D eigenvalue weighted by atomic mass is 9.90. The number of anilines is 1. The van der Waals surface area contributed by atoms with Gasteiger partial charge in [0.15, 0.2) is 0 Å². The van der Waals surface area contributed by atoms with Gasteiger partial charge in [0, 0.05) is 16.8 Å². The number of halogens is 1. The predicted molar refractivity (Wildman–Crippen MR) is 134 cm³/mol. The molecule has 6 heteroatoms. The molecule has 0 aliphatic carbocycles. The lowest BCUT2D eigenvalue weighted by Crippen LogP contribution is -2.29. The van der Waals surface area contributed by atoms with E-state index >= 15 is 4.39 Å². The number of aliphatic hydroxyl groups is 1. The summed E-state index contributed by atoms with van der Waals surface area (Å²) in [7, 11) is 1.57. The van der Waals surface area contributed by atoms with Crippen molar-refractivity contribution in [3.63, 3.8) is 0 Å². The van der Waals surface area contributed by atoms with Crippen molar-refractivity contribution in [3.8, 4) is 5.75 Å². The Hall–Kier alpha value is -3.93. The standard InChI is InChI=1S/C29H28FNO4/c1-16(2)21-15-22(18(4)14-24(21)35-5)27(32)25-26(20-8-6-7-9-23(20)30)31(29(34)28(25)33)19-12-10-17(3)11-13-19/h6-16,26,32H,1-5H3/b27-25+. The smallest absolute Gasteiger partial charge is 0.300 e. The maximum Gasteiger partial charge on any atom is 0.300 e. The topological polar surface area (TPSA) is 66.8 Å². The number of ketones is 1. The highest BCUT2D eigenvalue weighted by Gasteiger charge is 2.48. The number of amides is 1. The van der Waals surface area contributed by atoms with Crippen LogP contribution < -0.4 is 9.64 Å². The minimum Gasteiger partial charge on any atom is -0.507 e. The van der Waals surface area contributed by atoms with Gasteiger partial charge in [0.2, 0.25) is 0 Å². The average Bonchev–Trinajstić information content (AvgIpc) is 3.09. The van der Waals surface area contributed by atoms with E-state index in [0.29, 0.717) is 22.6 Å². The molecule has 1 saturated heterocycles. The van der Waals surface area contributed by atoms with Crippen molar-refractivity contribution < 1.29 is 23.8 Å². The molecule has 1 fully saturated rings. The van der Waals surface area contributed by atoms with Crippen LogP contribution in [0.4, 0.5) is 10.1 Å². The summed E-state index contributed by atoms with van der Waals surface area (Å²) in [6.07, 6.45) is 0. The first-order chi connectivity index (χ1) is 16.6. The molecular weight excluding hydrogens is 445 g/mol. The van der Waals surface area contributed by atoms with Crippen LogP contribution in [0.5, 0.6) is 5.75 Å². The molecule has 1 unspecified atom stereocenters. The van der Waals surface area contributed by atoms with Gasteiger partial charge in [-0.1, -0.05) is 49.7 Å². The number of carbonyl (C=O) groups excluding carboxylic acids is 2. The van der Waals surface area contributed by atoms with Crippen LogP contribution in [0, 0.1) is 19.7 Å². The van der Waals surface area contributed by atoms with Gasteiger partial charge in [-0.25, -0.2) is 4.39 Å². The van der Waals surface area contributed by atoms with Gasteiger partial charge in [0.05, 0.1) is 18.7 Å². The van der Waals surface area contributed by atoms with Gasteiger partial charge in [-0.05, 0) is 61.2 Å². The van der Waals surface area contributed by atoms with Gasteiger partial charge in [-0.3, -0.25) is 14.5 Å². The fourth-order valence-electron chi connectivity index (χ4n) is 4.52. The first-order valence-corrected chi connectivity index (χ1v) is 11.5. The molecule has 3 aromatic rings. The maximum absolute atomic E-state index is 15.1. The molecule has 0 bridgehead atoms. The zero-order chi connectivity index (χ0) is 25.4. The van der Waals surface area contributed by atoms with Crippen LogP contribution in [-0.2, 0) is 9.59 Å². The summed E-state index contributed by atoms with van der Waals surface area (Å²) in [6, 6.07) is 15.5. The summed E-state index contributed by atoms with van der Waals surface area (Å²) in [6.45, 7) is 7.68. The van der Waals surface area contributed by atoms with E-state index < -0.39 is 23.5 Å². The van der Waals surface area contributed by atoms with Crippen molar-refractivity contribution in [2.75, 3.05) is 12.0 Å². The van der Waals surface area contributed by atoms with Crippen LogP contribution in [0.1, 0.15) is 53.6 Å². The highest BCUT2D eigenvalue weighted by molar-refractivity contribution is 6.51. The number of nitrogens with zero attached hydrogens (tertiary/aromatic N) is 1. The van der Waals surface area contributed by atoms with Gasteiger partial charge in [-0.15, -0.1) is 0 Å². The Balaban J connectivity index is 2.00. The number of aryl methyl sites for hydroxylation is 2. The summed E-state index contributed by atoms with van der Waals surface area (Å²) >= 11 is 0. The summed E-state index contributed by atoms with van der Waals surface area (Å²) < 4.78 is 20.6. The molecule has 0 spiro atoms. The Bertz CT molecular complexity index is 1340. The maximum atomic E-state index is 15.1. The molecule has 35 heavy (non-hydrogen) atoms. The van der Waals surface area contributed by atoms with Crippen molar-refractivity contribution in [1.29, 1.82) is 0 Å². The Morgan fingerprint density at radius 2 is 1.69 bits per heavy atom. The van der Waals surface area contributed by atoms with E-state index in [1.165, 1.54) is 17.0 Å². The fraction of sp³-hybridized carbons (Fsp3) is 0.241. The summed E-state index contributed by atoms with van der Waals surface area (Å²) in [4.78, 5) is 27.9. The molecule has 1 N–H and O–H groups in total. The largest absolute Gasteiger partial charge is 0.507 e. The van der Waals surface area contributed by atoms with E-state index in [4.69, 9.17) is 4.74 Å². The van der Waals surface area contributed by atoms with Gasteiger partial charge >= 0.3 is 0 Å². The number of rotatable bonds is 5. The highest BCUT2D eigenvalue weighted by Crippen LogP contribution is 2.44. The van der Waals surface area contributed by atoms with Crippen LogP contribution in [0.2, 0.25) is 0 Å². The number of benzene rings is 3. The van der Waals surface area contributed by atoms with Gasteiger partial charge in [0.1, 0.15) is 17.3 Å². The predicted octanol–water partition coefficient (Wildman–Crippen LogP) is 6.20. The van der Waals surface area contributed by atoms with Crippen molar-refractivity contribution in [2.45, 2.75) is 39.7 Å². The SMILES string of the molecule is COc1cc(C)c(/C(O)=C2\C(=O)C(=O)N(c3ccc(C)cc3)C2c2ccccc2F)cc1C(C)C. The number of carbonyl (C=O) groups is 2. The summed E-state index contributed by atoms with van der Waals surface area (Å²) in [5.41, 5.74) is 3.31. The third-order valence-electron chi connectivity index (χ3n) is 6.41. The lowest BCUT2D eigenvalue weighted by molar-refractivity contribution is -0.132.